The van der Waals surface area contributed by atoms with E-state index in [9.17, 15) is 0 Å². The van der Waals surface area contributed by atoms with Crippen molar-refractivity contribution in [3.63, 3.8) is 0 Å². The molecule has 90 valence electrons. The Balaban J connectivity index is 2.21. The number of hydrogen-bond acceptors (Lipinski definition) is 2. The van der Waals surface area contributed by atoms with Crippen molar-refractivity contribution in [2.75, 3.05) is 7.05 Å². The highest BCUT2D eigenvalue weighted by molar-refractivity contribution is 8.00. The van der Waals surface area contributed by atoms with Crippen LogP contribution in [0.3, 0.4) is 0 Å². The first-order valence-electron chi connectivity index (χ1n) is 6.44. The van der Waals surface area contributed by atoms with Gasteiger partial charge in [0.15, 0.2) is 0 Å². The van der Waals surface area contributed by atoms with Gasteiger partial charge in [-0.1, -0.05) is 26.7 Å². The van der Waals surface area contributed by atoms with Crippen LogP contribution in [0.5, 0.6) is 0 Å². The first kappa shape index (κ1) is 13.4. The zero-order valence-electron chi connectivity index (χ0n) is 10.8. The third kappa shape index (κ3) is 5.26. The van der Waals surface area contributed by atoms with E-state index in [1.165, 1.54) is 32.1 Å². The van der Waals surface area contributed by atoms with Crippen molar-refractivity contribution >= 4 is 11.8 Å². The molecule has 0 aromatic heterocycles. The van der Waals surface area contributed by atoms with Crippen LogP contribution in [0.4, 0.5) is 0 Å². The molecular weight excluding hydrogens is 202 g/mol. The van der Waals surface area contributed by atoms with Crippen molar-refractivity contribution in [1.29, 1.82) is 0 Å². The fraction of sp³-hybridized carbons (Fsp3) is 1.00. The van der Waals surface area contributed by atoms with Crippen molar-refractivity contribution in [2.45, 2.75) is 69.4 Å². The van der Waals surface area contributed by atoms with E-state index >= 15 is 0 Å². The molecule has 1 nitrogen and oxygen atoms in total. The summed E-state index contributed by atoms with van der Waals surface area (Å²) in [6.07, 6.45) is 7.10. The predicted octanol–water partition coefficient (Wildman–Crippen LogP) is 3.68. The fourth-order valence-corrected chi connectivity index (χ4v) is 4.30. The van der Waals surface area contributed by atoms with E-state index in [1.807, 2.05) is 0 Å². The van der Waals surface area contributed by atoms with Gasteiger partial charge in [-0.05, 0) is 39.2 Å². The second-order valence-corrected chi connectivity index (χ2v) is 7.01. The molecule has 0 saturated heterocycles. The number of rotatable bonds is 5. The maximum atomic E-state index is 3.33. The molecule has 1 saturated carbocycles. The van der Waals surface area contributed by atoms with E-state index in [-0.39, 0.29) is 0 Å². The molecule has 0 aliphatic heterocycles. The van der Waals surface area contributed by atoms with E-state index in [4.69, 9.17) is 0 Å². The topological polar surface area (TPSA) is 12.0 Å². The monoisotopic (exact) mass is 229 g/mol. The lowest BCUT2D eigenvalue weighted by Gasteiger charge is -2.29. The predicted molar refractivity (Wildman–Crippen MR) is 71.6 cm³/mol. The molecule has 2 heteroatoms. The van der Waals surface area contributed by atoms with Crippen molar-refractivity contribution in [3.8, 4) is 0 Å². The third-order valence-electron chi connectivity index (χ3n) is 3.49. The van der Waals surface area contributed by atoms with Gasteiger partial charge in [0.1, 0.15) is 0 Å². The third-order valence-corrected chi connectivity index (χ3v) is 4.96. The lowest BCUT2D eigenvalue weighted by molar-refractivity contribution is 0.393. The number of hydrogen-bond donors (Lipinski definition) is 1. The van der Waals surface area contributed by atoms with Crippen LogP contribution in [-0.4, -0.2) is 23.6 Å². The highest BCUT2D eigenvalue weighted by atomic mass is 32.2. The SMILES string of the molecule is CNC(C)CC(C)SC1CCCC(C)C1. The zero-order chi connectivity index (χ0) is 11.3. The standard InChI is InChI=1S/C13H27NS/c1-10-6-5-7-13(8-10)15-12(3)9-11(2)14-4/h10-14H,5-9H2,1-4H3. The summed E-state index contributed by atoms with van der Waals surface area (Å²) in [5.41, 5.74) is 0. The van der Waals surface area contributed by atoms with Gasteiger partial charge in [-0.25, -0.2) is 0 Å². The summed E-state index contributed by atoms with van der Waals surface area (Å²) in [7, 11) is 2.06. The summed E-state index contributed by atoms with van der Waals surface area (Å²) >= 11 is 2.23. The fourth-order valence-electron chi connectivity index (χ4n) is 2.50. The van der Waals surface area contributed by atoms with E-state index < -0.39 is 0 Å². The first-order valence-corrected chi connectivity index (χ1v) is 7.38. The van der Waals surface area contributed by atoms with Crippen LogP contribution < -0.4 is 5.32 Å². The molecule has 0 spiro atoms. The Morgan fingerprint density at radius 2 is 2.07 bits per heavy atom. The molecule has 0 aromatic rings. The van der Waals surface area contributed by atoms with E-state index in [1.54, 1.807) is 0 Å². The van der Waals surface area contributed by atoms with Gasteiger partial charge in [0.25, 0.3) is 0 Å². The average molecular weight is 229 g/mol. The minimum absolute atomic E-state index is 0.661. The zero-order valence-corrected chi connectivity index (χ0v) is 11.6. The lowest BCUT2D eigenvalue weighted by atomic mass is 9.91. The molecule has 1 aliphatic rings. The van der Waals surface area contributed by atoms with Crippen molar-refractivity contribution in [3.05, 3.63) is 0 Å². The average Bonchev–Trinajstić information content (AvgIpc) is 2.17. The number of nitrogens with one attached hydrogen (secondary N) is 1. The van der Waals surface area contributed by atoms with Crippen molar-refractivity contribution in [1.82, 2.24) is 5.32 Å². The van der Waals surface area contributed by atoms with Gasteiger partial charge in [-0.15, -0.1) is 0 Å². The molecule has 4 unspecified atom stereocenters. The molecular formula is C13H27NS. The van der Waals surface area contributed by atoms with E-state index in [0.29, 0.717) is 6.04 Å². The van der Waals surface area contributed by atoms with Crippen LogP contribution >= 0.6 is 11.8 Å². The Kier molecular flexibility index (Phi) is 6.06. The van der Waals surface area contributed by atoms with Crippen LogP contribution in [0.25, 0.3) is 0 Å². The van der Waals surface area contributed by atoms with Gasteiger partial charge in [0.05, 0.1) is 0 Å². The van der Waals surface area contributed by atoms with Crippen molar-refractivity contribution in [2.24, 2.45) is 5.92 Å². The number of thioether (sulfide) groups is 1. The van der Waals surface area contributed by atoms with Gasteiger partial charge in [0.2, 0.25) is 0 Å². The summed E-state index contributed by atoms with van der Waals surface area (Å²) in [5, 5.41) is 5.07. The van der Waals surface area contributed by atoms with Crippen LogP contribution in [-0.2, 0) is 0 Å². The van der Waals surface area contributed by atoms with Gasteiger partial charge in [0, 0.05) is 16.5 Å². The summed E-state index contributed by atoms with van der Waals surface area (Å²) in [6.45, 7) is 7.08. The smallest absolute Gasteiger partial charge is 0.00522 e. The molecule has 4 atom stereocenters. The second-order valence-electron chi connectivity index (χ2n) is 5.27. The van der Waals surface area contributed by atoms with Crippen LogP contribution in [0, 0.1) is 5.92 Å². The highest BCUT2D eigenvalue weighted by Crippen LogP contribution is 2.35. The quantitative estimate of drug-likeness (QED) is 0.772. The second kappa shape index (κ2) is 6.80. The normalized spacial score (nSPS) is 31.2. The maximum Gasteiger partial charge on any atom is 0.00522 e. The summed E-state index contributed by atoms with van der Waals surface area (Å²) in [6, 6.07) is 0.661. The van der Waals surface area contributed by atoms with Crippen LogP contribution in [0.1, 0.15) is 52.9 Å². The Bertz CT molecular complexity index is 172. The Morgan fingerprint density at radius 3 is 2.67 bits per heavy atom. The van der Waals surface area contributed by atoms with Gasteiger partial charge < -0.3 is 5.32 Å². The minimum atomic E-state index is 0.661. The van der Waals surface area contributed by atoms with Crippen molar-refractivity contribution < 1.29 is 0 Å². The molecule has 1 fully saturated rings. The van der Waals surface area contributed by atoms with E-state index in [0.717, 1.165) is 16.4 Å². The maximum absolute atomic E-state index is 3.33. The van der Waals surface area contributed by atoms with Gasteiger partial charge >= 0.3 is 0 Å². The Morgan fingerprint density at radius 1 is 1.33 bits per heavy atom. The van der Waals surface area contributed by atoms with Crippen LogP contribution in [0.15, 0.2) is 0 Å². The Labute approximate surface area is 99.8 Å². The summed E-state index contributed by atoms with van der Waals surface area (Å²) in [5.74, 6) is 0.963. The summed E-state index contributed by atoms with van der Waals surface area (Å²) in [4.78, 5) is 0. The molecule has 0 aromatic carbocycles. The Hall–Kier alpha value is 0.310. The molecule has 0 heterocycles. The molecule has 1 rings (SSSR count). The molecule has 0 amide bonds. The largest absolute Gasteiger partial charge is 0.317 e. The van der Waals surface area contributed by atoms with E-state index in [2.05, 4.69) is 44.9 Å². The molecule has 0 bridgehead atoms. The minimum Gasteiger partial charge on any atom is -0.317 e. The van der Waals surface area contributed by atoms with Gasteiger partial charge in [-0.2, -0.15) is 11.8 Å². The first-order chi connectivity index (χ1) is 7.11. The lowest BCUT2D eigenvalue weighted by Crippen LogP contribution is -2.26. The summed E-state index contributed by atoms with van der Waals surface area (Å²) < 4.78 is 0. The molecule has 1 aliphatic carbocycles. The molecule has 0 radical (unpaired) electrons. The van der Waals surface area contributed by atoms with Gasteiger partial charge in [-0.3, -0.25) is 0 Å². The van der Waals surface area contributed by atoms with Crippen LogP contribution in [0.2, 0.25) is 0 Å². The molecule has 15 heavy (non-hydrogen) atoms. The highest BCUT2D eigenvalue weighted by Gasteiger charge is 2.21. The molecule has 1 N–H and O–H groups in total.